The molecule has 3 heteroatoms. The lowest BCUT2D eigenvalue weighted by Gasteiger charge is -2.25. The smallest absolute Gasteiger partial charge is 0.0960 e. The fraction of sp³-hybridized carbons (Fsp3) is 0.692. The summed E-state index contributed by atoms with van der Waals surface area (Å²) >= 11 is 7.90. The summed E-state index contributed by atoms with van der Waals surface area (Å²) in [7, 11) is 2.07. The topological polar surface area (TPSA) is 12.0 Å². The first-order valence-corrected chi connectivity index (χ1v) is 7.26. The molecular formula is C13H20ClNS. The Morgan fingerprint density at radius 1 is 1.50 bits per heavy atom. The highest BCUT2D eigenvalue weighted by molar-refractivity contribution is 7.16. The number of halogens is 1. The van der Waals surface area contributed by atoms with Crippen LogP contribution in [0, 0.1) is 18.8 Å². The Labute approximate surface area is 107 Å². The van der Waals surface area contributed by atoms with Crippen LogP contribution in [0.2, 0.25) is 4.34 Å². The van der Waals surface area contributed by atoms with Gasteiger partial charge in [-0.15, -0.1) is 11.3 Å². The summed E-state index contributed by atoms with van der Waals surface area (Å²) in [6.07, 6.45) is 4.10. The van der Waals surface area contributed by atoms with Gasteiger partial charge in [0.15, 0.2) is 0 Å². The SMILES string of the molecule is CNC(c1cc(C)c(Cl)s1)C1CCCC1C. The van der Waals surface area contributed by atoms with Gasteiger partial charge in [0, 0.05) is 10.9 Å². The van der Waals surface area contributed by atoms with Gasteiger partial charge in [-0.05, 0) is 43.9 Å². The molecule has 0 radical (unpaired) electrons. The van der Waals surface area contributed by atoms with Crippen LogP contribution in [-0.2, 0) is 0 Å². The Morgan fingerprint density at radius 3 is 2.69 bits per heavy atom. The minimum absolute atomic E-state index is 0.494. The number of rotatable bonds is 3. The van der Waals surface area contributed by atoms with Crippen LogP contribution in [0.15, 0.2) is 6.07 Å². The zero-order chi connectivity index (χ0) is 11.7. The van der Waals surface area contributed by atoms with E-state index in [1.54, 1.807) is 11.3 Å². The van der Waals surface area contributed by atoms with Crippen molar-refractivity contribution in [1.82, 2.24) is 5.32 Å². The Balaban J connectivity index is 2.21. The maximum atomic E-state index is 6.16. The standard InChI is InChI=1S/C13H20ClNS/c1-8-5-4-6-10(8)12(15-3)11-7-9(2)13(14)16-11/h7-8,10,12,15H,4-6H2,1-3H3. The van der Waals surface area contributed by atoms with E-state index in [0.29, 0.717) is 6.04 Å². The fourth-order valence-electron chi connectivity index (χ4n) is 2.87. The average molecular weight is 258 g/mol. The summed E-state index contributed by atoms with van der Waals surface area (Å²) in [5.41, 5.74) is 1.22. The van der Waals surface area contributed by atoms with Crippen molar-refractivity contribution in [2.75, 3.05) is 7.05 Å². The molecule has 1 aromatic heterocycles. The molecule has 1 aliphatic carbocycles. The lowest BCUT2D eigenvalue weighted by Crippen LogP contribution is -2.26. The van der Waals surface area contributed by atoms with Crippen LogP contribution in [0.25, 0.3) is 0 Å². The number of nitrogens with one attached hydrogen (secondary N) is 1. The van der Waals surface area contributed by atoms with Crippen molar-refractivity contribution in [3.8, 4) is 0 Å². The highest BCUT2D eigenvalue weighted by Gasteiger charge is 2.31. The summed E-state index contributed by atoms with van der Waals surface area (Å²) in [5, 5.41) is 3.48. The van der Waals surface area contributed by atoms with E-state index in [-0.39, 0.29) is 0 Å². The predicted molar refractivity (Wildman–Crippen MR) is 72.4 cm³/mol. The molecule has 1 nitrogen and oxygen atoms in total. The largest absolute Gasteiger partial charge is 0.312 e. The minimum atomic E-state index is 0.494. The molecule has 90 valence electrons. The van der Waals surface area contributed by atoms with Gasteiger partial charge in [0.2, 0.25) is 0 Å². The van der Waals surface area contributed by atoms with Crippen molar-refractivity contribution in [3.63, 3.8) is 0 Å². The average Bonchev–Trinajstić information content (AvgIpc) is 2.78. The molecule has 1 saturated carbocycles. The van der Waals surface area contributed by atoms with Crippen LogP contribution < -0.4 is 5.32 Å². The van der Waals surface area contributed by atoms with Crippen molar-refractivity contribution in [3.05, 3.63) is 20.8 Å². The monoisotopic (exact) mass is 257 g/mol. The molecule has 0 spiro atoms. The first-order chi connectivity index (χ1) is 7.63. The van der Waals surface area contributed by atoms with Crippen molar-refractivity contribution in [2.45, 2.75) is 39.2 Å². The third-order valence-electron chi connectivity index (χ3n) is 3.85. The summed E-state index contributed by atoms with van der Waals surface area (Å²) in [6, 6.07) is 2.74. The molecule has 3 atom stereocenters. The first kappa shape index (κ1) is 12.4. The normalized spacial score (nSPS) is 27.2. The van der Waals surface area contributed by atoms with Gasteiger partial charge in [-0.1, -0.05) is 31.4 Å². The summed E-state index contributed by atoms with van der Waals surface area (Å²) < 4.78 is 0.945. The van der Waals surface area contributed by atoms with Gasteiger partial charge in [-0.2, -0.15) is 0 Å². The highest BCUT2D eigenvalue weighted by Crippen LogP contribution is 2.43. The van der Waals surface area contributed by atoms with Gasteiger partial charge in [0.1, 0.15) is 0 Å². The van der Waals surface area contributed by atoms with Crippen LogP contribution in [0.4, 0.5) is 0 Å². The molecule has 0 aromatic carbocycles. The van der Waals surface area contributed by atoms with Crippen molar-refractivity contribution >= 4 is 22.9 Å². The van der Waals surface area contributed by atoms with Crippen molar-refractivity contribution in [2.24, 2.45) is 11.8 Å². The highest BCUT2D eigenvalue weighted by atomic mass is 35.5. The maximum absolute atomic E-state index is 6.16. The predicted octanol–water partition coefficient (Wildman–Crippen LogP) is 4.41. The Kier molecular flexibility index (Phi) is 3.93. The van der Waals surface area contributed by atoms with Gasteiger partial charge >= 0.3 is 0 Å². The molecule has 1 fully saturated rings. The number of hydrogen-bond acceptors (Lipinski definition) is 2. The zero-order valence-electron chi connectivity index (χ0n) is 10.2. The van der Waals surface area contributed by atoms with E-state index in [9.17, 15) is 0 Å². The van der Waals surface area contributed by atoms with Gasteiger partial charge < -0.3 is 5.32 Å². The molecule has 1 heterocycles. The number of hydrogen-bond donors (Lipinski definition) is 1. The van der Waals surface area contributed by atoms with Crippen LogP contribution in [0.5, 0.6) is 0 Å². The second kappa shape index (κ2) is 5.07. The van der Waals surface area contributed by atoms with Crippen molar-refractivity contribution < 1.29 is 0 Å². The molecule has 0 aliphatic heterocycles. The van der Waals surface area contributed by atoms with E-state index in [1.165, 1.54) is 29.7 Å². The van der Waals surface area contributed by atoms with Crippen LogP contribution >= 0.6 is 22.9 Å². The Morgan fingerprint density at radius 2 is 2.25 bits per heavy atom. The zero-order valence-corrected chi connectivity index (χ0v) is 11.8. The summed E-state index contributed by atoms with van der Waals surface area (Å²) in [6.45, 7) is 4.47. The van der Waals surface area contributed by atoms with Gasteiger partial charge in [0.25, 0.3) is 0 Å². The third-order valence-corrected chi connectivity index (χ3v) is 5.49. The molecule has 16 heavy (non-hydrogen) atoms. The molecule has 1 aromatic rings. The van der Waals surface area contributed by atoms with Gasteiger partial charge in [0.05, 0.1) is 4.34 Å². The Hall–Kier alpha value is -0.0500. The molecule has 2 rings (SSSR count). The second-order valence-electron chi connectivity index (χ2n) is 4.94. The van der Waals surface area contributed by atoms with E-state index in [4.69, 9.17) is 11.6 Å². The number of aryl methyl sites for hydroxylation is 1. The Bertz CT molecular complexity index is 341. The van der Waals surface area contributed by atoms with E-state index in [0.717, 1.165) is 16.2 Å². The van der Waals surface area contributed by atoms with E-state index in [2.05, 4.69) is 32.3 Å². The molecular weight excluding hydrogens is 238 g/mol. The molecule has 3 unspecified atom stereocenters. The minimum Gasteiger partial charge on any atom is -0.312 e. The maximum Gasteiger partial charge on any atom is 0.0960 e. The van der Waals surface area contributed by atoms with Crippen molar-refractivity contribution in [1.29, 1.82) is 0 Å². The quantitative estimate of drug-likeness (QED) is 0.846. The molecule has 1 aliphatic rings. The third kappa shape index (κ3) is 2.29. The van der Waals surface area contributed by atoms with E-state index < -0.39 is 0 Å². The second-order valence-corrected chi connectivity index (χ2v) is 6.63. The lowest BCUT2D eigenvalue weighted by molar-refractivity contribution is 0.319. The van der Waals surface area contributed by atoms with Crippen LogP contribution in [0.1, 0.15) is 42.7 Å². The number of thiophene rings is 1. The molecule has 0 bridgehead atoms. The van der Waals surface area contributed by atoms with E-state index in [1.807, 2.05) is 0 Å². The van der Waals surface area contributed by atoms with Crippen LogP contribution in [-0.4, -0.2) is 7.05 Å². The fourth-order valence-corrected chi connectivity index (χ4v) is 4.28. The molecule has 0 saturated heterocycles. The first-order valence-electron chi connectivity index (χ1n) is 6.06. The lowest BCUT2D eigenvalue weighted by atomic mass is 9.89. The van der Waals surface area contributed by atoms with E-state index >= 15 is 0 Å². The molecule has 1 N–H and O–H groups in total. The van der Waals surface area contributed by atoms with Gasteiger partial charge in [-0.3, -0.25) is 0 Å². The summed E-state index contributed by atoms with van der Waals surface area (Å²) in [4.78, 5) is 1.41. The summed E-state index contributed by atoms with van der Waals surface area (Å²) in [5.74, 6) is 1.61. The molecule has 0 amide bonds. The van der Waals surface area contributed by atoms with Gasteiger partial charge in [-0.25, -0.2) is 0 Å². The van der Waals surface area contributed by atoms with Crippen LogP contribution in [0.3, 0.4) is 0 Å².